The van der Waals surface area contributed by atoms with Crippen LogP contribution in [0, 0.1) is 0 Å². The molecule has 1 amide bonds. The molecule has 2 aliphatic rings. The van der Waals surface area contributed by atoms with Crippen molar-refractivity contribution in [1.29, 1.82) is 0 Å². The zero-order valence-electron chi connectivity index (χ0n) is 8.98. The number of carbonyl (C=O) groups excluding carboxylic acids is 1. The maximum absolute atomic E-state index is 11.8. The first-order valence-electron chi connectivity index (χ1n) is 5.38. The smallest absolute Gasteiger partial charge is 0.251 e. The largest absolute Gasteiger partial charge is 0.386 e. The number of hydrogen-bond donors (Lipinski definition) is 2. The molecule has 2 aliphatic heterocycles. The van der Waals surface area contributed by atoms with Crippen LogP contribution in [0.5, 0.6) is 0 Å². The molecule has 0 aromatic rings. The summed E-state index contributed by atoms with van der Waals surface area (Å²) < 4.78 is 5.50. The molecule has 86 valence electrons. The quantitative estimate of drug-likeness (QED) is 0.623. The first kappa shape index (κ1) is 10.9. The van der Waals surface area contributed by atoms with Crippen molar-refractivity contribution in [3.63, 3.8) is 0 Å². The summed E-state index contributed by atoms with van der Waals surface area (Å²) in [6.07, 6.45) is 1.30. The summed E-state index contributed by atoms with van der Waals surface area (Å²) in [5.41, 5.74) is 4.77. The van der Waals surface area contributed by atoms with Crippen LogP contribution in [0.4, 0.5) is 0 Å². The molecule has 3 N–H and O–H groups in total. The minimum Gasteiger partial charge on any atom is -0.386 e. The Kier molecular flexibility index (Phi) is 2.70. The van der Waals surface area contributed by atoms with Gasteiger partial charge in [-0.3, -0.25) is 4.79 Å². The predicted molar refractivity (Wildman–Crippen MR) is 54.2 cm³/mol. The zero-order valence-corrected chi connectivity index (χ0v) is 8.98. The van der Waals surface area contributed by atoms with Crippen molar-refractivity contribution in [3.8, 4) is 0 Å². The van der Waals surface area contributed by atoms with Crippen molar-refractivity contribution in [2.75, 3.05) is 19.6 Å². The lowest BCUT2D eigenvalue weighted by atomic mass is 9.96. The Balaban J connectivity index is 1.83. The van der Waals surface area contributed by atoms with Gasteiger partial charge in [0.05, 0.1) is 24.8 Å². The molecule has 2 atom stereocenters. The van der Waals surface area contributed by atoms with Gasteiger partial charge in [0.1, 0.15) is 6.10 Å². The Morgan fingerprint density at radius 1 is 1.60 bits per heavy atom. The average Bonchev–Trinajstić information content (AvgIpc) is 2.61. The molecule has 2 rings (SSSR count). The van der Waals surface area contributed by atoms with Gasteiger partial charge < -0.3 is 20.5 Å². The fourth-order valence-electron chi connectivity index (χ4n) is 2.20. The van der Waals surface area contributed by atoms with Gasteiger partial charge in [0.15, 0.2) is 0 Å². The number of hydrogen-bond acceptors (Lipinski definition) is 4. The Labute approximate surface area is 89.2 Å². The molecule has 2 fully saturated rings. The topological polar surface area (TPSA) is 75.8 Å². The molecule has 0 spiro atoms. The van der Waals surface area contributed by atoms with Crippen LogP contribution in [0.1, 0.15) is 19.8 Å². The molecule has 0 aliphatic carbocycles. The van der Waals surface area contributed by atoms with E-state index in [1.54, 1.807) is 11.8 Å². The molecule has 0 bridgehead atoms. The molecular formula is C10H18N2O3. The van der Waals surface area contributed by atoms with Crippen LogP contribution in [0.25, 0.3) is 0 Å². The van der Waals surface area contributed by atoms with E-state index in [-0.39, 0.29) is 18.1 Å². The molecular weight excluding hydrogens is 196 g/mol. The molecule has 0 radical (unpaired) electrons. The minimum absolute atomic E-state index is 0.00234. The van der Waals surface area contributed by atoms with Crippen molar-refractivity contribution in [2.24, 2.45) is 5.73 Å². The van der Waals surface area contributed by atoms with Gasteiger partial charge >= 0.3 is 0 Å². The number of β-amino-alcohol motifs (C(OH)–C–C–N with tert-alkyl or cyclic N) is 1. The van der Waals surface area contributed by atoms with E-state index in [0.717, 1.165) is 12.8 Å². The summed E-state index contributed by atoms with van der Waals surface area (Å²) in [5.74, 6) is -0.00234. The Morgan fingerprint density at radius 3 is 2.73 bits per heavy atom. The molecule has 0 aromatic carbocycles. The Hall–Kier alpha value is -0.650. The fraction of sp³-hybridized carbons (Fsp3) is 0.900. The van der Waals surface area contributed by atoms with Gasteiger partial charge in [-0.25, -0.2) is 0 Å². The van der Waals surface area contributed by atoms with Crippen molar-refractivity contribution < 1.29 is 14.6 Å². The number of nitrogens with two attached hydrogens (primary N) is 1. The highest BCUT2D eigenvalue weighted by Crippen LogP contribution is 2.26. The molecule has 5 nitrogen and oxygen atoms in total. The number of carbonyl (C=O) groups is 1. The number of ether oxygens (including phenoxy) is 1. The highest BCUT2D eigenvalue weighted by Gasteiger charge is 2.43. The van der Waals surface area contributed by atoms with Gasteiger partial charge in [0.25, 0.3) is 5.91 Å². The van der Waals surface area contributed by atoms with Crippen LogP contribution in [0.15, 0.2) is 0 Å². The lowest BCUT2D eigenvalue weighted by molar-refractivity contribution is -0.163. The number of aliphatic hydroxyl groups is 1. The molecule has 2 unspecified atom stereocenters. The third kappa shape index (κ3) is 2.14. The lowest BCUT2D eigenvalue weighted by Gasteiger charge is -2.44. The first-order chi connectivity index (χ1) is 7.02. The summed E-state index contributed by atoms with van der Waals surface area (Å²) in [6.45, 7) is 3.04. The Bertz CT molecular complexity index is 259. The van der Waals surface area contributed by atoms with Gasteiger partial charge in [-0.15, -0.1) is 0 Å². The second-order valence-electron chi connectivity index (χ2n) is 4.75. The first-order valence-corrected chi connectivity index (χ1v) is 5.38. The SMILES string of the molecule is CC1(O)CN(C(=O)C2CCC(CN)O2)C1. The van der Waals surface area contributed by atoms with E-state index in [4.69, 9.17) is 10.5 Å². The second-order valence-corrected chi connectivity index (χ2v) is 4.75. The van der Waals surface area contributed by atoms with E-state index in [9.17, 15) is 9.90 Å². The minimum atomic E-state index is -0.707. The summed E-state index contributed by atoms with van der Waals surface area (Å²) in [6, 6.07) is 0. The van der Waals surface area contributed by atoms with Crippen LogP contribution < -0.4 is 5.73 Å². The van der Waals surface area contributed by atoms with Crippen LogP contribution in [-0.2, 0) is 9.53 Å². The maximum atomic E-state index is 11.8. The van der Waals surface area contributed by atoms with Gasteiger partial charge in [-0.1, -0.05) is 0 Å². The highest BCUT2D eigenvalue weighted by atomic mass is 16.5. The van der Waals surface area contributed by atoms with E-state index < -0.39 is 5.60 Å². The molecule has 2 heterocycles. The number of amides is 1. The number of nitrogens with zero attached hydrogens (tertiary/aromatic N) is 1. The summed E-state index contributed by atoms with van der Waals surface area (Å²) in [4.78, 5) is 13.5. The van der Waals surface area contributed by atoms with E-state index in [2.05, 4.69) is 0 Å². The van der Waals surface area contributed by atoms with Crippen LogP contribution in [0.3, 0.4) is 0 Å². The van der Waals surface area contributed by atoms with Crippen LogP contribution >= 0.6 is 0 Å². The van der Waals surface area contributed by atoms with E-state index in [1.807, 2.05) is 0 Å². The summed E-state index contributed by atoms with van der Waals surface area (Å²) in [5, 5.41) is 9.52. The van der Waals surface area contributed by atoms with Crippen molar-refractivity contribution >= 4 is 5.91 Å². The van der Waals surface area contributed by atoms with Gasteiger partial charge in [-0.2, -0.15) is 0 Å². The Morgan fingerprint density at radius 2 is 2.27 bits per heavy atom. The van der Waals surface area contributed by atoms with Crippen LogP contribution in [0.2, 0.25) is 0 Å². The van der Waals surface area contributed by atoms with Gasteiger partial charge in [0.2, 0.25) is 0 Å². The third-order valence-electron chi connectivity index (χ3n) is 3.02. The van der Waals surface area contributed by atoms with Crippen molar-refractivity contribution in [2.45, 2.75) is 37.6 Å². The van der Waals surface area contributed by atoms with E-state index in [1.165, 1.54) is 0 Å². The third-order valence-corrected chi connectivity index (χ3v) is 3.02. The fourth-order valence-corrected chi connectivity index (χ4v) is 2.20. The zero-order chi connectivity index (χ0) is 11.1. The molecule has 5 heteroatoms. The normalized spacial score (nSPS) is 33.9. The number of rotatable bonds is 2. The molecule has 15 heavy (non-hydrogen) atoms. The molecule has 0 saturated carbocycles. The summed E-state index contributed by atoms with van der Waals surface area (Å²) >= 11 is 0. The molecule has 0 aromatic heterocycles. The van der Waals surface area contributed by atoms with Gasteiger partial charge in [-0.05, 0) is 19.8 Å². The van der Waals surface area contributed by atoms with Gasteiger partial charge in [0, 0.05) is 6.54 Å². The molecule has 2 saturated heterocycles. The standard InChI is InChI=1S/C10H18N2O3/c1-10(14)5-12(6-10)9(13)8-3-2-7(4-11)15-8/h7-8,14H,2-6,11H2,1H3. The van der Waals surface area contributed by atoms with Crippen LogP contribution in [-0.4, -0.2) is 53.4 Å². The van der Waals surface area contributed by atoms with Crippen molar-refractivity contribution in [3.05, 3.63) is 0 Å². The maximum Gasteiger partial charge on any atom is 0.251 e. The summed E-state index contributed by atoms with van der Waals surface area (Å²) in [7, 11) is 0. The lowest BCUT2D eigenvalue weighted by Crippen LogP contribution is -2.63. The van der Waals surface area contributed by atoms with E-state index >= 15 is 0 Å². The average molecular weight is 214 g/mol. The second kappa shape index (κ2) is 3.73. The number of likely N-dealkylation sites (tertiary alicyclic amines) is 1. The van der Waals surface area contributed by atoms with Crippen molar-refractivity contribution in [1.82, 2.24) is 4.90 Å². The monoisotopic (exact) mass is 214 g/mol. The van der Waals surface area contributed by atoms with E-state index in [0.29, 0.717) is 19.6 Å². The predicted octanol–water partition coefficient (Wildman–Crippen LogP) is -0.914. The highest BCUT2D eigenvalue weighted by molar-refractivity contribution is 5.82.